The van der Waals surface area contributed by atoms with Crippen LogP contribution in [0, 0.1) is 0 Å². The topological polar surface area (TPSA) is 69.9 Å². The number of benzene rings is 1. The van der Waals surface area contributed by atoms with E-state index in [1.165, 1.54) is 6.42 Å². The second-order valence-corrected chi connectivity index (χ2v) is 7.81. The summed E-state index contributed by atoms with van der Waals surface area (Å²) in [5, 5.41) is 0. The lowest BCUT2D eigenvalue weighted by atomic mass is 10.0. The second-order valence-electron chi connectivity index (χ2n) is 7.81. The molecular formula is C21H32N4O2. The molecule has 1 aromatic carbocycles. The van der Waals surface area contributed by atoms with Crippen molar-refractivity contribution in [2.75, 3.05) is 39.3 Å². The van der Waals surface area contributed by atoms with Gasteiger partial charge in [0.05, 0.1) is 6.54 Å². The van der Waals surface area contributed by atoms with Gasteiger partial charge in [-0.3, -0.25) is 14.5 Å². The molecule has 2 heterocycles. The molecule has 2 saturated heterocycles. The Morgan fingerprint density at radius 3 is 2.41 bits per heavy atom. The first-order valence-corrected chi connectivity index (χ1v) is 10.1. The van der Waals surface area contributed by atoms with Crippen molar-refractivity contribution >= 4 is 11.8 Å². The van der Waals surface area contributed by atoms with Gasteiger partial charge in [0.2, 0.25) is 11.8 Å². The van der Waals surface area contributed by atoms with Crippen LogP contribution in [0.25, 0.3) is 0 Å². The van der Waals surface area contributed by atoms with Crippen LogP contribution in [0.1, 0.15) is 44.2 Å². The largest absolute Gasteiger partial charge is 0.340 e. The van der Waals surface area contributed by atoms with Crippen molar-refractivity contribution in [1.82, 2.24) is 14.7 Å². The number of rotatable bonds is 5. The Morgan fingerprint density at radius 1 is 1.04 bits per heavy atom. The molecule has 2 aliphatic rings. The first-order chi connectivity index (χ1) is 13.0. The number of carbonyl (C=O) groups is 2. The van der Waals surface area contributed by atoms with Crippen molar-refractivity contribution in [2.24, 2.45) is 5.73 Å². The molecule has 3 rings (SSSR count). The molecule has 2 unspecified atom stereocenters. The molecule has 2 N–H and O–H groups in total. The molecule has 2 fully saturated rings. The van der Waals surface area contributed by atoms with Crippen LogP contribution >= 0.6 is 0 Å². The van der Waals surface area contributed by atoms with E-state index in [9.17, 15) is 9.59 Å². The zero-order valence-electron chi connectivity index (χ0n) is 16.3. The zero-order chi connectivity index (χ0) is 19.2. The van der Waals surface area contributed by atoms with Gasteiger partial charge in [-0.05, 0) is 31.7 Å². The maximum atomic E-state index is 12.6. The minimum absolute atomic E-state index is 0.0991. The Kier molecular flexibility index (Phi) is 6.85. The predicted molar refractivity (Wildman–Crippen MR) is 106 cm³/mol. The van der Waals surface area contributed by atoms with Crippen molar-refractivity contribution in [3.8, 4) is 0 Å². The Morgan fingerprint density at radius 2 is 1.74 bits per heavy atom. The molecule has 0 saturated carbocycles. The molecule has 6 nitrogen and oxygen atoms in total. The molecule has 0 aromatic heterocycles. The van der Waals surface area contributed by atoms with E-state index < -0.39 is 0 Å². The smallest absolute Gasteiger partial charge is 0.236 e. The Balaban J connectivity index is 1.43. The lowest BCUT2D eigenvalue weighted by Crippen LogP contribution is -2.53. The summed E-state index contributed by atoms with van der Waals surface area (Å²) >= 11 is 0. The van der Waals surface area contributed by atoms with Crippen LogP contribution in [-0.2, 0) is 9.59 Å². The summed E-state index contributed by atoms with van der Waals surface area (Å²) in [5.74, 6) is 0.329. The average molecular weight is 373 g/mol. The molecule has 27 heavy (non-hydrogen) atoms. The van der Waals surface area contributed by atoms with Crippen molar-refractivity contribution < 1.29 is 9.59 Å². The van der Waals surface area contributed by atoms with Gasteiger partial charge in [-0.2, -0.15) is 0 Å². The molecule has 0 radical (unpaired) electrons. The molecule has 148 valence electrons. The summed E-state index contributed by atoms with van der Waals surface area (Å²) in [6, 6.07) is 9.85. The van der Waals surface area contributed by atoms with Crippen LogP contribution in [0.2, 0.25) is 0 Å². The van der Waals surface area contributed by atoms with Gasteiger partial charge in [0.1, 0.15) is 0 Å². The van der Waals surface area contributed by atoms with Crippen LogP contribution in [0.3, 0.4) is 0 Å². The molecule has 6 heteroatoms. The number of likely N-dealkylation sites (tertiary alicyclic amines) is 1. The summed E-state index contributed by atoms with van der Waals surface area (Å²) in [5.41, 5.74) is 7.17. The number of nitrogens with zero attached hydrogens (tertiary/aromatic N) is 3. The average Bonchev–Trinajstić information content (AvgIpc) is 2.69. The van der Waals surface area contributed by atoms with Gasteiger partial charge in [0, 0.05) is 51.2 Å². The highest BCUT2D eigenvalue weighted by molar-refractivity contribution is 5.79. The van der Waals surface area contributed by atoms with Gasteiger partial charge < -0.3 is 15.5 Å². The SMILES string of the molecule is CC1CCCCN1C(=O)CN1CCN(C(=O)CC(N)c2ccccc2)CC1. The minimum atomic E-state index is -0.265. The maximum absolute atomic E-state index is 12.6. The van der Waals surface area contributed by atoms with E-state index in [1.54, 1.807) is 0 Å². The van der Waals surface area contributed by atoms with Crippen molar-refractivity contribution in [2.45, 2.75) is 44.7 Å². The molecule has 2 amide bonds. The lowest BCUT2D eigenvalue weighted by Gasteiger charge is -2.38. The monoisotopic (exact) mass is 372 g/mol. The zero-order valence-corrected chi connectivity index (χ0v) is 16.3. The van der Waals surface area contributed by atoms with Crippen molar-refractivity contribution in [1.29, 1.82) is 0 Å². The van der Waals surface area contributed by atoms with Gasteiger partial charge in [-0.1, -0.05) is 30.3 Å². The highest BCUT2D eigenvalue weighted by atomic mass is 16.2. The Labute approximate surface area is 162 Å². The van der Waals surface area contributed by atoms with Gasteiger partial charge in [-0.25, -0.2) is 0 Å². The molecule has 0 bridgehead atoms. The highest BCUT2D eigenvalue weighted by Crippen LogP contribution is 2.18. The first kappa shape index (κ1) is 19.8. The van der Waals surface area contributed by atoms with Gasteiger partial charge in [0.25, 0.3) is 0 Å². The highest BCUT2D eigenvalue weighted by Gasteiger charge is 2.27. The fourth-order valence-corrected chi connectivity index (χ4v) is 4.04. The van der Waals surface area contributed by atoms with Crippen molar-refractivity contribution in [3.63, 3.8) is 0 Å². The van der Waals surface area contributed by atoms with Crippen LogP contribution in [-0.4, -0.2) is 71.8 Å². The third kappa shape index (κ3) is 5.30. The molecule has 1 aromatic rings. The standard InChI is InChI=1S/C21H32N4O2/c1-17-7-5-6-10-25(17)21(27)16-23-11-13-24(14-12-23)20(26)15-19(22)18-8-3-2-4-9-18/h2-4,8-9,17,19H,5-7,10-16,22H2,1H3. The van der Waals surface area contributed by atoms with E-state index in [-0.39, 0.29) is 17.9 Å². The summed E-state index contributed by atoms with van der Waals surface area (Å²) in [6.07, 6.45) is 3.76. The maximum Gasteiger partial charge on any atom is 0.236 e. The molecule has 2 atom stereocenters. The summed E-state index contributed by atoms with van der Waals surface area (Å²) < 4.78 is 0. The number of nitrogens with two attached hydrogens (primary N) is 1. The first-order valence-electron chi connectivity index (χ1n) is 10.1. The third-order valence-electron chi connectivity index (χ3n) is 5.83. The quantitative estimate of drug-likeness (QED) is 0.853. The van der Waals surface area contributed by atoms with Crippen LogP contribution in [0.15, 0.2) is 30.3 Å². The number of piperidine rings is 1. The number of hydrogen-bond donors (Lipinski definition) is 1. The van der Waals surface area contributed by atoms with E-state index in [4.69, 9.17) is 5.73 Å². The van der Waals surface area contributed by atoms with Crippen LogP contribution < -0.4 is 5.73 Å². The fourth-order valence-electron chi connectivity index (χ4n) is 4.04. The second kappa shape index (κ2) is 9.33. The van der Waals surface area contributed by atoms with Crippen LogP contribution in [0.4, 0.5) is 0 Å². The van der Waals surface area contributed by atoms with Gasteiger partial charge >= 0.3 is 0 Å². The van der Waals surface area contributed by atoms with E-state index in [0.29, 0.717) is 32.1 Å². The van der Waals surface area contributed by atoms with E-state index >= 15 is 0 Å². The number of amides is 2. The van der Waals surface area contributed by atoms with Gasteiger partial charge in [0.15, 0.2) is 0 Å². The fraction of sp³-hybridized carbons (Fsp3) is 0.619. The Hall–Kier alpha value is -1.92. The molecule has 0 spiro atoms. The minimum Gasteiger partial charge on any atom is -0.340 e. The number of piperazine rings is 1. The summed E-state index contributed by atoms with van der Waals surface area (Å²) in [7, 11) is 0. The normalized spacial score (nSPS) is 22.5. The Bertz CT molecular complexity index is 628. The molecular weight excluding hydrogens is 340 g/mol. The molecule has 2 aliphatic heterocycles. The van der Waals surface area contributed by atoms with E-state index in [0.717, 1.165) is 38.0 Å². The van der Waals surface area contributed by atoms with E-state index in [1.807, 2.05) is 40.1 Å². The summed E-state index contributed by atoms with van der Waals surface area (Å²) in [6.45, 7) is 6.34. The van der Waals surface area contributed by atoms with Crippen LogP contribution in [0.5, 0.6) is 0 Å². The lowest BCUT2D eigenvalue weighted by molar-refractivity contribution is -0.137. The summed E-state index contributed by atoms with van der Waals surface area (Å²) in [4.78, 5) is 31.2. The molecule has 0 aliphatic carbocycles. The van der Waals surface area contributed by atoms with E-state index in [2.05, 4.69) is 11.8 Å². The third-order valence-corrected chi connectivity index (χ3v) is 5.83. The predicted octanol–water partition coefficient (Wildman–Crippen LogP) is 1.62. The van der Waals surface area contributed by atoms with Gasteiger partial charge in [-0.15, -0.1) is 0 Å². The number of hydrogen-bond acceptors (Lipinski definition) is 4. The number of carbonyl (C=O) groups excluding carboxylic acids is 2. The van der Waals surface area contributed by atoms with Crippen molar-refractivity contribution in [3.05, 3.63) is 35.9 Å².